The van der Waals surface area contributed by atoms with Crippen molar-refractivity contribution < 1.29 is 28.6 Å². The van der Waals surface area contributed by atoms with Crippen LogP contribution in [0, 0.1) is 23.2 Å². The van der Waals surface area contributed by atoms with Crippen molar-refractivity contribution in [2.75, 3.05) is 0 Å². The van der Waals surface area contributed by atoms with Crippen LogP contribution in [0.15, 0.2) is 23.8 Å². The van der Waals surface area contributed by atoms with Gasteiger partial charge in [0.2, 0.25) is 5.12 Å². The molecule has 0 aromatic rings. The molecular formula is C22H30F2O4S. The summed E-state index contributed by atoms with van der Waals surface area (Å²) in [5.41, 5.74) is -4.67. The molecule has 4 nitrogen and oxygen atoms in total. The fourth-order valence-corrected chi connectivity index (χ4v) is 6.71. The van der Waals surface area contributed by atoms with Gasteiger partial charge in [0.15, 0.2) is 5.78 Å². The molecule has 0 unspecified atom stereocenters. The monoisotopic (exact) mass is 428 g/mol. The zero-order chi connectivity index (χ0) is 21.8. The maximum Gasteiger partial charge on any atom is 0.218 e. The molecule has 0 heterocycles. The Labute approximate surface area is 175 Å². The molecule has 2 saturated carbocycles. The van der Waals surface area contributed by atoms with Gasteiger partial charge in [-0.3, -0.25) is 9.59 Å². The van der Waals surface area contributed by atoms with Crippen molar-refractivity contribution in [2.24, 2.45) is 23.2 Å². The van der Waals surface area contributed by atoms with Crippen molar-refractivity contribution in [3.05, 3.63) is 23.8 Å². The fraction of sp³-hybridized carbons (Fsp3) is 0.727. The number of alkyl halides is 2. The predicted octanol–water partition coefficient (Wildman–Crippen LogP) is 3.52. The second kappa shape index (κ2) is 7.57. The van der Waals surface area contributed by atoms with Crippen LogP contribution in [-0.4, -0.2) is 44.7 Å². The van der Waals surface area contributed by atoms with E-state index < -0.39 is 51.8 Å². The van der Waals surface area contributed by atoms with E-state index in [-0.39, 0.29) is 31.5 Å². The standard InChI is InChI=1S/C22H30F2O4S/c1-4-21(24)16(10-17(23)13-6-5-7-14(25)9-13)15-8-12(2)22(28,19(27)29)20(15,3)11-18(21)26/h5,7,9,12,15-18,26,28H,4,6,8,10-11H2,1-3H3,(H,27,29)/t12-,15+,16+,17+,18+,20+,21+,22+/m1/s1. The third-order valence-corrected chi connectivity index (χ3v) is 8.32. The number of halogens is 2. The Kier molecular flexibility index (Phi) is 5.91. The molecule has 0 aromatic carbocycles. The summed E-state index contributed by atoms with van der Waals surface area (Å²) < 4.78 is 31.3. The molecule has 3 aliphatic carbocycles. The van der Waals surface area contributed by atoms with Crippen molar-refractivity contribution in [3.8, 4) is 0 Å². The van der Waals surface area contributed by atoms with Crippen molar-refractivity contribution >= 4 is 23.5 Å². The van der Waals surface area contributed by atoms with Gasteiger partial charge in [-0.05, 0) is 61.7 Å². The molecular weight excluding hydrogens is 398 g/mol. The van der Waals surface area contributed by atoms with Crippen molar-refractivity contribution in [1.82, 2.24) is 0 Å². The first-order valence-electron chi connectivity index (χ1n) is 10.3. The summed E-state index contributed by atoms with van der Waals surface area (Å²) in [6.45, 7) is 5.01. The Balaban J connectivity index is 2.00. The average Bonchev–Trinajstić information content (AvgIpc) is 2.86. The number of allylic oxidation sites excluding steroid dienone is 4. The first-order valence-corrected chi connectivity index (χ1v) is 10.7. The van der Waals surface area contributed by atoms with Gasteiger partial charge < -0.3 is 10.2 Å². The van der Waals surface area contributed by atoms with Crippen molar-refractivity contribution in [1.29, 1.82) is 0 Å². The summed E-state index contributed by atoms with van der Waals surface area (Å²) >= 11 is 3.90. The number of hydrogen-bond acceptors (Lipinski definition) is 4. The highest BCUT2D eigenvalue weighted by molar-refractivity contribution is 7.96. The van der Waals surface area contributed by atoms with Crippen molar-refractivity contribution in [2.45, 2.75) is 76.4 Å². The summed E-state index contributed by atoms with van der Waals surface area (Å²) in [4.78, 5) is 23.9. The van der Waals surface area contributed by atoms with E-state index in [2.05, 4.69) is 12.6 Å². The van der Waals surface area contributed by atoms with Gasteiger partial charge in [-0.1, -0.05) is 26.8 Å². The first kappa shape index (κ1) is 22.6. The third-order valence-electron chi connectivity index (χ3n) is 7.98. The topological polar surface area (TPSA) is 74.6 Å². The highest BCUT2D eigenvalue weighted by atomic mass is 32.1. The van der Waals surface area contributed by atoms with E-state index in [1.54, 1.807) is 26.8 Å². The minimum atomic E-state index is -2.03. The molecule has 0 saturated heterocycles. The molecule has 7 heteroatoms. The lowest BCUT2D eigenvalue weighted by atomic mass is 9.53. The number of ketones is 1. The van der Waals surface area contributed by atoms with Gasteiger partial charge in [0.25, 0.3) is 0 Å². The number of aliphatic hydroxyl groups excluding tert-OH is 1. The van der Waals surface area contributed by atoms with Gasteiger partial charge in [0.05, 0.1) is 6.10 Å². The number of carbonyl (C=O) groups is 2. The number of carbonyl (C=O) groups excluding carboxylic acids is 2. The van der Waals surface area contributed by atoms with Crippen LogP contribution in [-0.2, 0) is 9.59 Å². The molecule has 29 heavy (non-hydrogen) atoms. The molecule has 0 amide bonds. The molecule has 0 spiro atoms. The molecule has 0 radical (unpaired) electrons. The van der Waals surface area contributed by atoms with Crippen molar-refractivity contribution in [3.63, 3.8) is 0 Å². The quantitative estimate of drug-likeness (QED) is 0.586. The first-order chi connectivity index (χ1) is 13.4. The molecule has 162 valence electrons. The van der Waals surface area contributed by atoms with E-state index in [1.165, 1.54) is 12.2 Å². The van der Waals surface area contributed by atoms with E-state index in [1.807, 2.05) is 0 Å². The Morgan fingerprint density at radius 2 is 2.10 bits per heavy atom. The minimum absolute atomic E-state index is 0.00234. The summed E-state index contributed by atoms with van der Waals surface area (Å²) in [5.74, 6) is -2.19. The Bertz CT molecular complexity index is 768. The second-order valence-electron chi connectivity index (χ2n) is 9.27. The fourth-order valence-electron chi connectivity index (χ4n) is 6.23. The van der Waals surface area contributed by atoms with Crippen LogP contribution in [0.2, 0.25) is 0 Å². The summed E-state index contributed by atoms with van der Waals surface area (Å²) in [6.07, 6.45) is 1.56. The van der Waals surface area contributed by atoms with Crippen LogP contribution >= 0.6 is 12.6 Å². The van der Waals surface area contributed by atoms with E-state index >= 15 is 8.78 Å². The maximum absolute atomic E-state index is 16.0. The van der Waals surface area contributed by atoms with Crippen LogP contribution in [0.5, 0.6) is 0 Å². The second-order valence-corrected chi connectivity index (χ2v) is 9.68. The molecule has 3 rings (SSSR count). The molecule has 3 aliphatic rings. The van der Waals surface area contributed by atoms with Crippen LogP contribution in [0.25, 0.3) is 0 Å². The number of aliphatic hydroxyl groups is 2. The minimum Gasteiger partial charge on any atom is -0.390 e. The molecule has 0 aromatic heterocycles. The van der Waals surface area contributed by atoms with Crippen LogP contribution in [0.4, 0.5) is 8.78 Å². The number of fused-ring (bicyclic) bond motifs is 1. The van der Waals surface area contributed by atoms with Gasteiger partial charge in [0, 0.05) is 11.3 Å². The third kappa shape index (κ3) is 3.24. The number of thiol groups is 1. The summed E-state index contributed by atoms with van der Waals surface area (Å²) in [7, 11) is 0. The highest BCUT2D eigenvalue weighted by Crippen LogP contribution is 2.66. The smallest absolute Gasteiger partial charge is 0.218 e. The molecule has 2 N–H and O–H groups in total. The molecule has 8 atom stereocenters. The van der Waals surface area contributed by atoms with Gasteiger partial charge >= 0.3 is 0 Å². The SMILES string of the molecule is CC[C@@]1(F)[C@@H](O)C[C@@]2(C)[C@@H](C[C@@H](C)[C@]2(O)C(=O)S)[C@@H]1C[C@H](F)C1=CC(=O)C=CC1. The van der Waals surface area contributed by atoms with Gasteiger partial charge in [-0.2, -0.15) is 0 Å². The molecule has 0 aliphatic heterocycles. The predicted molar refractivity (Wildman–Crippen MR) is 109 cm³/mol. The summed E-state index contributed by atoms with van der Waals surface area (Å²) in [6, 6.07) is 0. The van der Waals surface area contributed by atoms with E-state index in [4.69, 9.17) is 0 Å². The van der Waals surface area contributed by atoms with Gasteiger partial charge in [-0.15, -0.1) is 12.6 Å². The lowest BCUT2D eigenvalue weighted by molar-refractivity contribution is -0.192. The molecule has 2 fully saturated rings. The van der Waals surface area contributed by atoms with E-state index in [9.17, 15) is 19.8 Å². The maximum atomic E-state index is 16.0. The van der Waals surface area contributed by atoms with Gasteiger partial charge in [-0.25, -0.2) is 8.78 Å². The van der Waals surface area contributed by atoms with Crippen LogP contribution in [0.1, 0.15) is 52.9 Å². The van der Waals surface area contributed by atoms with E-state index in [0.717, 1.165) is 0 Å². The van der Waals surface area contributed by atoms with E-state index in [0.29, 0.717) is 12.0 Å². The Morgan fingerprint density at radius 1 is 1.45 bits per heavy atom. The Morgan fingerprint density at radius 3 is 2.66 bits per heavy atom. The van der Waals surface area contributed by atoms with Crippen LogP contribution in [0.3, 0.4) is 0 Å². The van der Waals surface area contributed by atoms with Crippen LogP contribution < -0.4 is 0 Å². The number of rotatable bonds is 5. The normalized spacial score (nSPS) is 45.7. The highest BCUT2D eigenvalue weighted by Gasteiger charge is 2.71. The number of hydrogen-bond donors (Lipinski definition) is 3. The largest absolute Gasteiger partial charge is 0.390 e. The summed E-state index contributed by atoms with van der Waals surface area (Å²) in [5, 5.41) is 21.3. The zero-order valence-electron chi connectivity index (χ0n) is 17.1. The zero-order valence-corrected chi connectivity index (χ0v) is 18.0. The van der Waals surface area contributed by atoms with Gasteiger partial charge in [0.1, 0.15) is 17.4 Å². The average molecular weight is 429 g/mol. The Hall–Kier alpha value is -1.05. The lowest BCUT2D eigenvalue weighted by Crippen LogP contribution is -2.63. The molecule has 0 bridgehead atoms. The lowest BCUT2D eigenvalue weighted by Gasteiger charge is -2.55.